The summed E-state index contributed by atoms with van der Waals surface area (Å²) in [6.45, 7) is 2.99. The number of non-ortho nitro benzene ring substituents is 1. The van der Waals surface area contributed by atoms with Crippen molar-refractivity contribution in [2.45, 2.75) is 19.5 Å². The molecule has 1 heterocycles. The van der Waals surface area contributed by atoms with Crippen LogP contribution in [0.25, 0.3) is 0 Å². The van der Waals surface area contributed by atoms with E-state index in [1.54, 1.807) is 12.1 Å². The van der Waals surface area contributed by atoms with Crippen molar-refractivity contribution in [2.24, 2.45) is 5.92 Å². The average Bonchev–Trinajstić information content (AvgIpc) is 3.09. The molecule has 1 saturated heterocycles. The van der Waals surface area contributed by atoms with Gasteiger partial charge in [0.2, 0.25) is 5.91 Å². The summed E-state index contributed by atoms with van der Waals surface area (Å²) in [4.78, 5) is 22.9. The Morgan fingerprint density at radius 2 is 2.04 bits per heavy atom. The zero-order valence-corrected chi connectivity index (χ0v) is 13.9. The van der Waals surface area contributed by atoms with Crippen molar-refractivity contribution in [3.63, 3.8) is 0 Å². The molecule has 2 atom stereocenters. The van der Waals surface area contributed by atoms with Crippen LogP contribution >= 0.6 is 0 Å². The predicted molar refractivity (Wildman–Crippen MR) is 93.5 cm³/mol. The molecule has 130 valence electrons. The van der Waals surface area contributed by atoms with E-state index >= 15 is 0 Å². The Balaban J connectivity index is 1.66. The first-order chi connectivity index (χ1) is 12.0. The highest BCUT2D eigenvalue weighted by Gasteiger charge is 2.33. The van der Waals surface area contributed by atoms with Gasteiger partial charge in [0.25, 0.3) is 5.69 Å². The second kappa shape index (κ2) is 7.42. The molecule has 2 unspecified atom stereocenters. The maximum atomic E-state index is 12.6. The number of amides is 1. The lowest BCUT2D eigenvalue weighted by molar-refractivity contribution is -0.384. The summed E-state index contributed by atoms with van der Waals surface area (Å²) in [5, 5.41) is 13.7. The van der Waals surface area contributed by atoms with Crippen molar-refractivity contribution in [1.29, 1.82) is 0 Å². The molecule has 1 fully saturated rings. The van der Waals surface area contributed by atoms with Gasteiger partial charge in [0.05, 0.1) is 16.9 Å². The molecule has 0 saturated carbocycles. The number of hydrogen-bond donors (Lipinski definition) is 3. The number of hydrazine groups is 1. The van der Waals surface area contributed by atoms with E-state index in [0.717, 1.165) is 16.7 Å². The van der Waals surface area contributed by atoms with Crippen molar-refractivity contribution in [3.05, 3.63) is 75.3 Å². The molecule has 7 nitrogen and oxygen atoms in total. The third kappa shape index (κ3) is 4.01. The highest BCUT2D eigenvalue weighted by atomic mass is 16.6. The number of nitro groups is 1. The van der Waals surface area contributed by atoms with E-state index in [1.165, 1.54) is 12.1 Å². The van der Waals surface area contributed by atoms with E-state index in [1.807, 2.05) is 31.2 Å². The summed E-state index contributed by atoms with van der Waals surface area (Å²) in [7, 11) is 0. The van der Waals surface area contributed by atoms with Gasteiger partial charge in [-0.2, -0.15) is 0 Å². The van der Waals surface area contributed by atoms with Crippen LogP contribution in [0.3, 0.4) is 0 Å². The number of nitro benzene ring substituents is 1. The fourth-order valence-corrected chi connectivity index (χ4v) is 3.00. The molecule has 25 heavy (non-hydrogen) atoms. The van der Waals surface area contributed by atoms with Crippen LogP contribution in [-0.2, 0) is 11.3 Å². The van der Waals surface area contributed by atoms with E-state index in [2.05, 4.69) is 16.2 Å². The molecular formula is C18H20N4O3. The minimum Gasteiger partial charge on any atom is -0.352 e. The van der Waals surface area contributed by atoms with E-state index in [4.69, 9.17) is 0 Å². The van der Waals surface area contributed by atoms with Gasteiger partial charge < -0.3 is 5.32 Å². The number of benzene rings is 2. The summed E-state index contributed by atoms with van der Waals surface area (Å²) in [6, 6.07) is 14.1. The quantitative estimate of drug-likeness (QED) is 0.571. The van der Waals surface area contributed by atoms with E-state index in [-0.39, 0.29) is 23.6 Å². The van der Waals surface area contributed by atoms with Gasteiger partial charge in [-0.25, -0.2) is 5.43 Å². The van der Waals surface area contributed by atoms with Crippen LogP contribution in [0.5, 0.6) is 0 Å². The maximum Gasteiger partial charge on any atom is 0.269 e. The van der Waals surface area contributed by atoms with E-state index in [9.17, 15) is 14.9 Å². The topological polar surface area (TPSA) is 96.3 Å². The average molecular weight is 340 g/mol. The summed E-state index contributed by atoms with van der Waals surface area (Å²) in [5.41, 5.74) is 9.16. The van der Waals surface area contributed by atoms with Crippen LogP contribution in [0.2, 0.25) is 0 Å². The molecule has 7 heteroatoms. The van der Waals surface area contributed by atoms with E-state index < -0.39 is 4.92 Å². The highest BCUT2D eigenvalue weighted by molar-refractivity contribution is 5.80. The molecule has 3 rings (SSSR count). The SMILES string of the molecule is Cc1cccc(CNC(=O)C2CNNC2c2ccc([N+](=O)[O-])cc2)c1. The number of rotatable bonds is 5. The third-order valence-corrected chi connectivity index (χ3v) is 4.33. The first kappa shape index (κ1) is 17.1. The number of carbonyl (C=O) groups excluding carboxylic acids is 1. The van der Waals surface area contributed by atoms with Gasteiger partial charge in [0, 0.05) is 25.2 Å². The summed E-state index contributed by atoms with van der Waals surface area (Å²) >= 11 is 0. The van der Waals surface area contributed by atoms with Crippen molar-refractivity contribution in [1.82, 2.24) is 16.2 Å². The Morgan fingerprint density at radius 3 is 2.72 bits per heavy atom. The Hall–Kier alpha value is -2.77. The molecule has 0 aromatic heterocycles. The minimum atomic E-state index is -0.434. The lowest BCUT2D eigenvalue weighted by atomic mass is 9.94. The van der Waals surface area contributed by atoms with Crippen molar-refractivity contribution in [3.8, 4) is 0 Å². The Bertz CT molecular complexity index is 776. The van der Waals surface area contributed by atoms with Gasteiger partial charge in [-0.3, -0.25) is 20.3 Å². The van der Waals surface area contributed by atoms with Gasteiger partial charge in [-0.15, -0.1) is 0 Å². The van der Waals surface area contributed by atoms with Crippen LogP contribution in [0.1, 0.15) is 22.7 Å². The van der Waals surface area contributed by atoms with Crippen LogP contribution in [0, 0.1) is 23.0 Å². The summed E-state index contributed by atoms with van der Waals surface area (Å²) in [6.07, 6.45) is 0. The molecule has 1 amide bonds. The minimum absolute atomic E-state index is 0.0372. The van der Waals surface area contributed by atoms with Gasteiger partial charge >= 0.3 is 0 Å². The van der Waals surface area contributed by atoms with Crippen molar-refractivity contribution in [2.75, 3.05) is 6.54 Å². The third-order valence-electron chi connectivity index (χ3n) is 4.33. The molecule has 1 aliphatic rings. The normalized spacial score (nSPS) is 19.6. The van der Waals surface area contributed by atoms with Gasteiger partial charge in [-0.1, -0.05) is 42.0 Å². The standard InChI is InChI=1S/C18H20N4O3/c1-12-3-2-4-13(9-12)10-19-18(23)16-11-20-21-17(16)14-5-7-15(8-6-14)22(24)25/h2-9,16-17,20-21H,10-11H2,1H3,(H,19,23). The van der Waals surface area contributed by atoms with Crippen LogP contribution in [-0.4, -0.2) is 17.4 Å². The number of nitrogens with one attached hydrogen (secondary N) is 3. The fraction of sp³-hybridized carbons (Fsp3) is 0.278. The zero-order valence-electron chi connectivity index (χ0n) is 13.9. The molecule has 3 N–H and O–H groups in total. The van der Waals surface area contributed by atoms with Gasteiger partial charge in [0.1, 0.15) is 0 Å². The number of hydrogen-bond acceptors (Lipinski definition) is 5. The molecule has 0 spiro atoms. The molecule has 0 radical (unpaired) electrons. The highest BCUT2D eigenvalue weighted by Crippen LogP contribution is 2.26. The Kier molecular flexibility index (Phi) is 5.06. The molecular weight excluding hydrogens is 320 g/mol. The van der Waals surface area contributed by atoms with Gasteiger partial charge in [0.15, 0.2) is 0 Å². The molecule has 2 aromatic carbocycles. The lowest BCUT2D eigenvalue weighted by Crippen LogP contribution is -2.34. The zero-order chi connectivity index (χ0) is 17.8. The second-order valence-corrected chi connectivity index (χ2v) is 6.16. The predicted octanol–water partition coefficient (Wildman–Crippen LogP) is 1.98. The smallest absolute Gasteiger partial charge is 0.269 e. The van der Waals surface area contributed by atoms with Gasteiger partial charge in [-0.05, 0) is 18.1 Å². The van der Waals surface area contributed by atoms with Crippen LogP contribution in [0.4, 0.5) is 5.69 Å². The monoisotopic (exact) mass is 340 g/mol. The molecule has 0 aliphatic carbocycles. The number of carbonyl (C=O) groups is 1. The number of nitrogens with zero attached hydrogens (tertiary/aromatic N) is 1. The lowest BCUT2D eigenvalue weighted by Gasteiger charge is -2.18. The van der Waals surface area contributed by atoms with Crippen molar-refractivity contribution < 1.29 is 9.72 Å². The summed E-state index contributed by atoms with van der Waals surface area (Å²) < 4.78 is 0. The Labute approximate surface area is 145 Å². The number of aryl methyl sites for hydroxylation is 1. The molecule has 1 aliphatic heterocycles. The molecule has 0 bridgehead atoms. The largest absolute Gasteiger partial charge is 0.352 e. The fourth-order valence-electron chi connectivity index (χ4n) is 3.00. The first-order valence-corrected chi connectivity index (χ1v) is 8.10. The van der Waals surface area contributed by atoms with Crippen molar-refractivity contribution >= 4 is 11.6 Å². The second-order valence-electron chi connectivity index (χ2n) is 6.16. The van der Waals surface area contributed by atoms with Crippen LogP contribution in [0.15, 0.2) is 48.5 Å². The van der Waals surface area contributed by atoms with Crippen LogP contribution < -0.4 is 16.2 Å². The summed E-state index contributed by atoms with van der Waals surface area (Å²) in [5.74, 6) is -0.339. The molecule has 2 aromatic rings. The maximum absolute atomic E-state index is 12.6. The van der Waals surface area contributed by atoms with E-state index in [0.29, 0.717) is 13.1 Å². The Morgan fingerprint density at radius 1 is 1.28 bits per heavy atom. The first-order valence-electron chi connectivity index (χ1n) is 8.10.